The molecule has 0 radical (unpaired) electrons. The largest absolute Gasteiger partial charge is 0.489 e. The molecule has 0 aliphatic carbocycles. The van der Waals surface area contributed by atoms with Gasteiger partial charge < -0.3 is 14.5 Å². The van der Waals surface area contributed by atoms with Crippen LogP contribution in [0.3, 0.4) is 0 Å². The molecule has 0 spiro atoms. The maximum Gasteiger partial charge on any atom is 0.350 e. The summed E-state index contributed by atoms with van der Waals surface area (Å²) in [5.74, 6) is 1.23. The molecule has 7 nitrogen and oxygen atoms in total. The van der Waals surface area contributed by atoms with E-state index in [1.807, 2.05) is 18.7 Å². The topological polar surface area (TPSA) is 67.7 Å². The number of terminal acetylenes is 1. The molecular weight excluding hydrogens is 442 g/mol. The fourth-order valence-electron chi connectivity index (χ4n) is 4.85. The van der Waals surface area contributed by atoms with Crippen LogP contribution >= 0.6 is 0 Å². The summed E-state index contributed by atoms with van der Waals surface area (Å²) in [6, 6.07) is 6.50. The van der Waals surface area contributed by atoms with Gasteiger partial charge in [-0.15, -0.1) is 6.42 Å². The Hall–Kier alpha value is -3.93. The Balaban J connectivity index is 1.68. The molecule has 9 heteroatoms. The van der Waals surface area contributed by atoms with Gasteiger partial charge in [0.2, 0.25) is 0 Å². The molecule has 2 aliphatic heterocycles. The smallest absolute Gasteiger partial charge is 0.350 e. The molecule has 2 aliphatic rings. The SMILES string of the molecule is C#CC(=O)N1C[C@H](C)N(c2nc(=O)n3c4c(c(-c5ccc(F)cc5F)ccc24)OCC3)C[C@H]1C. The summed E-state index contributed by atoms with van der Waals surface area (Å²) in [4.78, 5) is 33.2. The summed E-state index contributed by atoms with van der Waals surface area (Å²) in [5, 5.41) is 0.677. The highest BCUT2D eigenvalue weighted by atomic mass is 19.1. The fraction of sp³-hybridized carbons (Fsp3) is 0.320. The second-order valence-electron chi connectivity index (χ2n) is 8.63. The monoisotopic (exact) mass is 464 g/mol. The van der Waals surface area contributed by atoms with Crippen LogP contribution in [0.5, 0.6) is 5.75 Å². The van der Waals surface area contributed by atoms with Crippen LogP contribution < -0.4 is 15.3 Å². The molecule has 0 N–H and O–H groups in total. The van der Waals surface area contributed by atoms with E-state index in [-0.39, 0.29) is 30.2 Å². The minimum atomic E-state index is -0.718. The summed E-state index contributed by atoms with van der Waals surface area (Å²) >= 11 is 0. The lowest BCUT2D eigenvalue weighted by Crippen LogP contribution is -2.58. The lowest BCUT2D eigenvalue weighted by atomic mass is 10.00. The van der Waals surface area contributed by atoms with Crippen LogP contribution in [-0.4, -0.2) is 52.1 Å². The number of rotatable bonds is 2. The van der Waals surface area contributed by atoms with E-state index in [0.717, 1.165) is 6.07 Å². The summed E-state index contributed by atoms with van der Waals surface area (Å²) in [6.07, 6.45) is 5.31. The second-order valence-corrected chi connectivity index (χ2v) is 8.63. The van der Waals surface area contributed by atoms with Crippen molar-refractivity contribution in [3.05, 3.63) is 52.5 Å². The number of carbonyl (C=O) groups excluding carboxylic acids is 1. The predicted molar refractivity (Wildman–Crippen MR) is 124 cm³/mol. The van der Waals surface area contributed by atoms with Gasteiger partial charge in [0, 0.05) is 47.8 Å². The fourth-order valence-corrected chi connectivity index (χ4v) is 4.85. The number of hydrogen-bond acceptors (Lipinski definition) is 5. The molecule has 1 amide bonds. The first-order valence-corrected chi connectivity index (χ1v) is 11.0. The predicted octanol–water partition coefficient (Wildman–Crippen LogP) is 2.79. The Labute approximate surface area is 194 Å². The van der Waals surface area contributed by atoms with Crippen LogP contribution in [0.2, 0.25) is 0 Å². The molecule has 5 rings (SSSR count). The van der Waals surface area contributed by atoms with Gasteiger partial charge >= 0.3 is 5.69 Å². The van der Waals surface area contributed by atoms with E-state index in [1.165, 1.54) is 16.7 Å². The van der Waals surface area contributed by atoms with Crippen LogP contribution in [0.1, 0.15) is 13.8 Å². The summed E-state index contributed by atoms with van der Waals surface area (Å²) in [7, 11) is 0. The Morgan fingerprint density at radius 1 is 1.15 bits per heavy atom. The minimum absolute atomic E-state index is 0.152. The van der Waals surface area contributed by atoms with Gasteiger partial charge in [-0.1, -0.05) is 0 Å². The van der Waals surface area contributed by atoms with E-state index in [1.54, 1.807) is 17.0 Å². The molecule has 1 aromatic heterocycles. The highest BCUT2D eigenvalue weighted by Gasteiger charge is 2.34. The van der Waals surface area contributed by atoms with Gasteiger partial charge in [-0.25, -0.2) is 13.6 Å². The molecule has 34 heavy (non-hydrogen) atoms. The van der Waals surface area contributed by atoms with Crippen molar-refractivity contribution in [1.82, 2.24) is 14.5 Å². The number of nitrogens with zero attached hydrogens (tertiary/aromatic N) is 4. The first-order valence-electron chi connectivity index (χ1n) is 11.0. The van der Waals surface area contributed by atoms with Gasteiger partial charge in [0.05, 0.1) is 12.1 Å². The van der Waals surface area contributed by atoms with Gasteiger partial charge in [0.1, 0.15) is 24.1 Å². The van der Waals surface area contributed by atoms with Crippen molar-refractivity contribution in [1.29, 1.82) is 0 Å². The molecule has 0 unspecified atom stereocenters. The van der Waals surface area contributed by atoms with Crippen molar-refractivity contribution in [2.45, 2.75) is 32.5 Å². The van der Waals surface area contributed by atoms with E-state index >= 15 is 0 Å². The Bertz CT molecular complexity index is 1430. The highest BCUT2D eigenvalue weighted by Crippen LogP contribution is 2.41. The molecule has 2 atom stereocenters. The average molecular weight is 464 g/mol. The van der Waals surface area contributed by atoms with Gasteiger partial charge in [0.15, 0.2) is 5.75 Å². The maximum absolute atomic E-state index is 14.6. The number of benzene rings is 2. The van der Waals surface area contributed by atoms with Crippen LogP contribution in [-0.2, 0) is 11.3 Å². The summed E-state index contributed by atoms with van der Waals surface area (Å²) in [6.45, 7) is 5.19. The van der Waals surface area contributed by atoms with Crippen molar-refractivity contribution >= 4 is 22.6 Å². The molecule has 3 heterocycles. The third-order valence-corrected chi connectivity index (χ3v) is 6.50. The lowest BCUT2D eigenvalue weighted by Gasteiger charge is -2.44. The number of anilines is 1. The Morgan fingerprint density at radius 2 is 1.91 bits per heavy atom. The second kappa shape index (κ2) is 8.13. The van der Waals surface area contributed by atoms with Crippen LogP contribution in [0, 0.1) is 24.0 Å². The zero-order valence-electron chi connectivity index (χ0n) is 18.7. The van der Waals surface area contributed by atoms with Crippen molar-refractivity contribution in [3.63, 3.8) is 0 Å². The zero-order valence-corrected chi connectivity index (χ0v) is 18.7. The number of piperazine rings is 1. The van der Waals surface area contributed by atoms with Crippen LogP contribution in [0.4, 0.5) is 14.6 Å². The lowest BCUT2D eigenvalue weighted by molar-refractivity contribution is -0.127. The molecule has 174 valence electrons. The number of aromatic nitrogens is 2. The van der Waals surface area contributed by atoms with Crippen molar-refractivity contribution < 1.29 is 18.3 Å². The van der Waals surface area contributed by atoms with E-state index in [2.05, 4.69) is 10.9 Å². The minimum Gasteiger partial charge on any atom is -0.489 e. The van der Waals surface area contributed by atoms with E-state index in [0.29, 0.717) is 47.7 Å². The number of halogens is 2. The van der Waals surface area contributed by atoms with Gasteiger partial charge in [-0.2, -0.15) is 4.98 Å². The molecule has 1 fully saturated rings. The van der Waals surface area contributed by atoms with Gasteiger partial charge in [-0.3, -0.25) is 9.36 Å². The first-order chi connectivity index (χ1) is 16.3. The van der Waals surface area contributed by atoms with Gasteiger partial charge in [0.25, 0.3) is 5.91 Å². The number of amides is 1. The normalized spacial score (nSPS) is 19.6. The summed E-state index contributed by atoms with van der Waals surface area (Å²) < 4.78 is 35.6. The van der Waals surface area contributed by atoms with Crippen LogP contribution in [0.25, 0.3) is 22.0 Å². The third kappa shape index (κ3) is 3.37. The molecule has 1 saturated heterocycles. The van der Waals surface area contributed by atoms with Crippen molar-refractivity contribution in [3.8, 4) is 29.2 Å². The van der Waals surface area contributed by atoms with Gasteiger partial charge in [-0.05, 0) is 44.0 Å². The molecule has 0 saturated carbocycles. The standard InChI is InChI=1S/C25H22F2N4O3/c1-4-21(32)30-12-15(3)31(13-14(30)2)24-19-8-7-18(17-6-5-16(26)11-20(17)27)23-22(19)29(9-10-34-23)25(33)28-24/h1,5-8,11,14-15H,9-10,12-13H2,2-3H3/t14-,15+/m1/s1. The number of carbonyl (C=O) groups is 1. The zero-order chi connectivity index (χ0) is 24.1. The average Bonchev–Trinajstić information content (AvgIpc) is 2.82. The van der Waals surface area contributed by atoms with Crippen molar-refractivity contribution in [2.24, 2.45) is 0 Å². The quantitative estimate of drug-likeness (QED) is 0.546. The highest BCUT2D eigenvalue weighted by molar-refractivity contribution is 5.99. The maximum atomic E-state index is 14.6. The van der Waals surface area contributed by atoms with Crippen molar-refractivity contribution in [2.75, 3.05) is 24.6 Å². The molecule has 0 bridgehead atoms. The number of hydrogen-bond donors (Lipinski definition) is 0. The Morgan fingerprint density at radius 3 is 2.65 bits per heavy atom. The first kappa shape index (κ1) is 21.9. The van der Waals surface area contributed by atoms with E-state index in [4.69, 9.17) is 11.2 Å². The van der Waals surface area contributed by atoms with E-state index in [9.17, 15) is 18.4 Å². The third-order valence-electron chi connectivity index (χ3n) is 6.50. The summed E-state index contributed by atoms with van der Waals surface area (Å²) in [5.41, 5.74) is 0.692. The van der Waals surface area contributed by atoms with Crippen LogP contribution in [0.15, 0.2) is 35.1 Å². The molecule has 2 aromatic carbocycles. The molecular formula is C25H22F2N4O3. The Kier molecular flexibility index (Phi) is 5.24. The number of ether oxygens (including phenoxy) is 1. The van der Waals surface area contributed by atoms with E-state index < -0.39 is 17.3 Å². The molecule has 3 aromatic rings.